The molecule has 1 atom stereocenters. The maximum Gasteiger partial charge on any atom is 0.231 e. The zero-order valence-electron chi connectivity index (χ0n) is 12.3. The second-order valence-corrected chi connectivity index (χ2v) is 5.23. The minimum absolute atomic E-state index is 0.0557. The topological polar surface area (TPSA) is 29.1 Å². The van der Waals surface area contributed by atoms with E-state index >= 15 is 0 Å². The maximum absolute atomic E-state index is 12.4. The fourth-order valence-electron chi connectivity index (χ4n) is 2.24. The third kappa shape index (κ3) is 3.47. The van der Waals surface area contributed by atoms with Crippen molar-refractivity contribution in [3.63, 3.8) is 0 Å². The molecule has 0 fully saturated rings. The van der Waals surface area contributed by atoms with Crippen LogP contribution in [0.4, 0.5) is 5.69 Å². The summed E-state index contributed by atoms with van der Waals surface area (Å²) in [6.45, 7) is 6.13. The Balaban J connectivity index is 2.13. The number of aryl methyl sites for hydroxylation is 2. The summed E-state index contributed by atoms with van der Waals surface area (Å²) in [6, 6.07) is 16.1. The van der Waals surface area contributed by atoms with Gasteiger partial charge in [-0.25, -0.2) is 0 Å². The van der Waals surface area contributed by atoms with Gasteiger partial charge in [-0.15, -0.1) is 0 Å². The van der Waals surface area contributed by atoms with Gasteiger partial charge in [-0.1, -0.05) is 54.4 Å². The molecule has 0 saturated heterocycles. The van der Waals surface area contributed by atoms with Crippen LogP contribution < -0.4 is 5.32 Å². The Kier molecular flexibility index (Phi) is 4.57. The number of hydrogen-bond acceptors (Lipinski definition) is 1. The molecule has 20 heavy (non-hydrogen) atoms. The molecular weight excluding hydrogens is 246 g/mol. The van der Waals surface area contributed by atoms with Crippen LogP contribution >= 0.6 is 0 Å². The molecule has 2 aromatic carbocycles. The van der Waals surface area contributed by atoms with Crippen LogP contribution in [0.25, 0.3) is 0 Å². The van der Waals surface area contributed by atoms with E-state index in [1.54, 1.807) is 0 Å². The molecule has 0 heterocycles. The molecule has 0 aliphatic heterocycles. The number of carbonyl (C=O) groups is 1. The molecule has 2 aromatic rings. The molecule has 2 rings (SSSR count). The highest BCUT2D eigenvalue weighted by Gasteiger charge is 2.18. The van der Waals surface area contributed by atoms with Crippen LogP contribution in [0.5, 0.6) is 0 Å². The van der Waals surface area contributed by atoms with Crippen molar-refractivity contribution < 1.29 is 4.79 Å². The molecule has 2 heteroatoms. The average molecular weight is 267 g/mol. The molecule has 1 amide bonds. The summed E-state index contributed by atoms with van der Waals surface area (Å²) in [7, 11) is 0. The van der Waals surface area contributed by atoms with Crippen LogP contribution in [0.1, 0.15) is 36.0 Å². The minimum atomic E-state index is -0.100. The Labute approximate surface area is 120 Å². The SMILES string of the molecule is CCC(C(=O)Nc1ccc(C)cc1)c1ccc(C)cc1. The highest BCUT2D eigenvalue weighted by atomic mass is 16.1. The van der Waals surface area contributed by atoms with E-state index < -0.39 is 0 Å². The Hall–Kier alpha value is -2.09. The first kappa shape index (κ1) is 14.3. The molecule has 0 aliphatic carbocycles. The molecule has 0 aromatic heterocycles. The quantitative estimate of drug-likeness (QED) is 0.872. The summed E-state index contributed by atoms with van der Waals surface area (Å²) in [5.41, 5.74) is 4.32. The van der Waals surface area contributed by atoms with Gasteiger partial charge in [0, 0.05) is 5.69 Å². The van der Waals surface area contributed by atoms with Crippen molar-refractivity contribution in [3.05, 3.63) is 65.2 Å². The second-order valence-electron chi connectivity index (χ2n) is 5.23. The van der Waals surface area contributed by atoms with Gasteiger partial charge >= 0.3 is 0 Å². The molecule has 1 unspecified atom stereocenters. The van der Waals surface area contributed by atoms with Crippen molar-refractivity contribution in [2.45, 2.75) is 33.1 Å². The van der Waals surface area contributed by atoms with E-state index in [0.717, 1.165) is 17.7 Å². The second kappa shape index (κ2) is 6.38. The zero-order valence-corrected chi connectivity index (χ0v) is 12.3. The van der Waals surface area contributed by atoms with Crippen LogP contribution in [-0.2, 0) is 4.79 Å². The first-order valence-electron chi connectivity index (χ1n) is 7.04. The molecule has 1 N–H and O–H groups in total. The lowest BCUT2D eigenvalue weighted by Crippen LogP contribution is -2.20. The van der Waals surface area contributed by atoms with Crippen LogP contribution in [0.2, 0.25) is 0 Å². The van der Waals surface area contributed by atoms with E-state index in [1.807, 2.05) is 50.2 Å². The fraction of sp³-hybridized carbons (Fsp3) is 0.278. The summed E-state index contributed by atoms with van der Waals surface area (Å²) in [6.07, 6.45) is 0.792. The molecule has 0 aliphatic rings. The van der Waals surface area contributed by atoms with Gasteiger partial charge in [0.1, 0.15) is 0 Å². The first-order chi connectivity index (χ1) is 9.60. The Morgan fingerprint density at radius 2 is 1.45 bits per heavy atom. The van der Waals surface area contributed by atoms with Crippen LogP contribution in [0.3, 0.4) is 0 Å². The lowest BCUT2D eigenvalue weighted by molar-refractivity contribution is -0.117. The molecule has 0 bridgehead atoms. The van der Waals surface area contributed by atoms with Gasteiger partial charge in [0.25, 0.3) is 0 Å². The third-order valence-corrected chi connectivity index (χ3v) is 3.52. The summed E-state index contributed by atoms with van der Waals surface area (Å²) in [4.78, 5) is 12.4. The third-order valence-electron chi connectivity index (χ3n) is 3.52. The van der Waals surface area contributed by atoms with Gasteiger partial charge in [0.05, 0.1) is 5.92 Å². The normalized spacial score (nSPS) is 11.9. The van der Waals surface area contributed by atoms with Crippen molar-refractivity contribution in [1.82, 2.24) is 0 Å². The molecule has 0 radical (unpaired) electrons. The van der Waals surface area contributed by atoms with Gasteiger partial charge in [-0.3, -0.25) is 4.79 Å². The lowest BCUT2D eigenvalue weighted by atomic mass is 9.94. The van der Waals surface area contributed by atoms with E-state index in [9.17, 15) is 4.79 Å². The van der Waals surface area contributed by atoms with E-state index in [2.05, 4.69) is 24.4 Å². The number of carbonyl (C=O) groups excluding carboxylic acids is 1. The number of amides is 1. The molecule has 0 saturated carbocycles. The van der Waals surface area contributed by atoms with Crippen molar-refractivity contribution in [1.29, 1.82) is 0 Å². The molecule has 0 spiro atoms. The zero-order chi connectivity index (χ0) is 14.5. The van der Waals surface area contributed by atoms with Crippen molar-refractivity contribution in [3.8, 4) is 0 Å². The van der Waals surface area contributed by atoms with Gasteiger partial charge in [0.15, 0.2) is 0 Å². The Bertz CT molecular complexity index is 569. The summed E-state index contributed by atoms with van der Waals surface area (Å²) < 4.78 is 0. The van der Waals surface area contributed by atoms with Crippen LogP contribution in [-0.4, -0.2) is 5.91 Å². The molecule has 104 valence electrons. The van der Waals surface area contributed by atoms with E-state index in [-0.39, 0.29) is 11.8 Å². The Morgan fingerprint density at radius 1 is 0.950 bits per heavy atom. The van der Waals surface area contributed by atoms with Crippen LogP contribution in [0.15, 0.2) is 48.5 Å². The highest BCUT2D eigenvalue weighted by molar-refractivity contribution is 5.95. The minimum Gasteiger partial charge on any atom is -0.326 e. The van der Waals surface area contributed by atoms with Gasteiger partial charge in [-0.2, -0.15) is 0 Å². The molecular formula is C18H21NO. The van der Waals surface area contributed by atoms with E-state index in [4.69, 9.17) is 0 Å². The van der Waals surface area contributed by atoms with Crippen molar-refractivity contribution >= 4 is 11.6 Å². The monoisotopic (exact) mass is 267 g/mol. The van der Waals surface area contributed by atoms with Crippen molar-refractivity contribution in [2.75, 3.05) is 5.32 Å². The summed E-state index contributed by atoms with van der Waals surface area (Å²) in [5.74, 6) is -0.0443. The maximum atomic E-state index is 12.4. The lowest BCUT2D eigenvalue weighted by Gasteiger charge is -2.16. The summed E-state index contributed by atoms with van der Waals surface area (Å²) in [5, 5.41) is 2.99. The molecule has 2 nitrogen and oxygen atoms in total. The summed E-state index contributed by atoms with van der Waals surface area (Å²) >= 11 is 0. The van der Waals surface area contributed by atoms with E-state index in [0.29, 0.717) is 0 Å². The fourth-order valence-corrected chi connectivity index (χ4v) is 2.24. The van der Waals surface area contributed by atoms with Gasteiger partial charge < -0.3 is 5.32 Å². The van der Waals surface area contributed by atoms with Crippen LogP contribution in [0, 0.1) is 13.8 Å². The number of anilines is 1. The number of rotatable bonds is 4. The van der Waals surface area contributed by atoms with Gasteiger partial charge in [0.2, 0.25) is 5.91 Å². The predicted molar refractivity (Wildman–Crippen MR) is 84.0 cm³/mol. The number of benzene rings is 2. The first-order valence-corrected chi connectivity index (χ1v) is 7.04. The largest absolute Gasteiger partial charge is 0.326 e. The average Bonchev–Trinajstić information content (AvgIpc) is 2.44. The Morgan fingerprint density at radius 3 is 1.95 bits per heavy atom. The van der Waals surface area contributed by atoms with Crippen molar-refractivity contribution in [2.24, 2.45) is 0 Å². The highest BCUT2D eigenvalue weighted by Crippen LogP contribution is 2.22. The standard InChI is InChI=1S/C18H21NO/c1-4-17(15-9-5-13(2)6-10-15)18(20)19-16-11-7-14(3)8-12-16/h5-12,17H,4H2,1-3H3,(H,19,20). The number of nitrogens with one attached hydrogen (secondary N) is 1. The smallest absolute Gasteiger partial charge is 0.231 e. The number of hydrogen-bond donors (Lipinski definition) is 1. The predicted octanol–water partition coefficient (Wildman–Crippen LogP) is 4.44. The van der Waals surface area contributed by atoms with Gasteiger partial charge in [-0.05, 0) is 38.0 Å². The van der Waals surface area contributed by atoms with E-state index in [1.165, 1.54) is 11.1 Å².